The molecular weight excluding hydrogens is 352 g/mol. The van der Waals surface area contributed by atoms with E-state index in [0.717, 1.165) is 32.6 Å². The highest BCUT2D eigenvalue weighted by Crippen LogP contribution is 2.41. The van der Waals surface area contributed by atoms with Crippen molar-refractivity contribution in [2.45, 2.75) is 6.92 Å². The summed E-state index contributed by atoms with van der Waals surface area (Å²) in [7, 11) is 0. The zero-order valence-electron chi connectivity index (χ0n) is 14.7. The Kier molecular flexibility index (Phi) is 3.80. The first-order valence-corrected chi connectivity index (χ1v) is 9.53. The van der Waals surface area contributed by atoms with Gasteiger partial charge < -0.3 is 5.32 Å². The van der Waals surface area contributed by atoms with Gasteiger partial charge in [-0.25, -0.2) is 9.97 Å². The predicted molar refractivity (Wildman–Crippen MR) is 113 cm³/mol. The van der Waals surface area contributed by atoms with Gasteiger partial charge in [-0.2, -0.15) is 0 Å². The van der Waals surface area contributed by atoms with Crippen molar-refractivity contribution in [3.8, 4) is 11.1 Å². The molecule has 0 spiro atoms. The smallest absolute Gasteiger partial charge is 0.143 e. The summed E-state index contributed by atoms with van der Waals surface area (Å²) in [6, 6.07) is 20.5. The molecular formula is C22H16N4S. The van der Waals surface area contributed by atoms with Crippen molar-refractivity contribution < 1.29 is 0 Å². The molecule has 0 saturated carbocycles. The van der Waals surface area contributed by atoms with Crippen LogP contribution in [0.4, 0.5) is 11.5 Å². The van der Waals surface area contributed by atoms with Gasteiger partial charge in [-0.15, -0.1) is 11.3 Å². The van der Waals surface area contributed by atoms with Gasteiger partial charge in [0.15, 0.2) is 0 Å². The lowest BCUT2D eigenvalue weighted by Crippen LogP contribution is -1.97. The first-order valence-electron chi connectivity index (χ1n) is 8.71. The molecule has 0 aliphatic rings. The highest BCUT2D eigenvalue weighted by Gasteiger charge is 2.17. The summed E-state index contributed by atoms with van der Waals surface area (Å²) < 4.78 is 0. The monoisotopic (exact) mass is 368 g/mol. The summed E-state index contributed by atoms with van der Waals surface area (Å²) in [4.78, 5) is 15.8. The zero-order valence-corrected chi connectivity index (χ0v) is 15.5. The third-order valence-electron chi connectivity index (χ3n) is 4.61. The van der Waals surface area contributed by atoms with Gasteiger partial charge >= 0.3 is 0 Å². The van der Waals surface area contributed by atoms with E-state index in [9.17, 15) is 0 Å². The molecule has 0 aliphatic carbocycles. The van der Waals surface area contributed by atoms with Crippen molar-refractivity contribution in [3.63, 3.8) is 0 Å². The fourth-order valence-corrected chi connectivity index (χ4v) is 4.44. The Hall–Kier alpha value is -3.31. The molecule has 3 heterocycles. The van der Waals surface area contributed by atoms with Crippen LogP contribution < -0.4 is 5.32 Å². The number of thiophene rings is 1. The van der Waals surface area contributed by atoms with E-state index in [1.807, 2.05) is 30.5 Å². The molecule has 5 aromatic rings. The van der Waals surface area contributed by atoms with Crippen LogP contribution in [0.5, 0.6) is 0 Å². The number of nitrogens with zero attached hydrogens (tertiary/aromatic N) is 3. The lowest BCUT2D eigenvalue weighted by molar-refractivity contribution is 1.23. The molecule has 0 bridgehead atoms. The predicted octanol–water partition coefficient (Wildman–Crippen LogP) is 5.96. The summed E-state index contributed by atoms with van der Waals surface area (Å²) in [5, 5.41) is 5.66. The summed E-state index contributed by atoms with van der Waals surface area (Å²) in [6.45, 7) is 2.14. The fourth-order valence-electron chi connectivity index (χ4n) is 3.42. The van der Waals surface area contributed by atoms with Crippen molar-refractivity contribution in [1.29, 1.82) is 0 Å². The van der Waals surface area contributed by atoms with Crippen LogP contribution in [-0.2, 0) is 0 Å². The number of fused-ring (bicyclic) bond motifs is 2. The topological polar surface area (TPSA) is 50.7 Å². The number of aromatic nitrogens is 3. The van der Waals surface area contributed by atoms with Gasteiger partial charge in [0.05, 0.1) is 16.6 Å². The highest BCUT2D eigenvalue weighted by molar-refractivity contribution is 7.19. The maximum atomic E-state index is 4.57. The third-order valence-corrected chi connectivity index (χ3v) is 5.63. The fraction of sp³-hybridized carbons (Fsp3) is 0.0455. The number of aryl methyl sites for hydroxylation is 1. The average Bonchev–Trinajstić information content (AvgIpc) is 3.06. The molecule has 27 heavy (non-hydrogen) atoms. The SMILES string of the molecule is Cc1sc2ncnc(Nc3cccc4cccnc34)c2c1-c1ccccc1. The van der Waals surface area contributed by atoms with E-state index in [2.05, 4.69) is 63.6 Å². The molecule has 0 fully saturated rings. The van der Waals surface area contributed by atoms with Crippen molar-refractivity contribution in [3.05, 3.63) is 78.1 Å². The van der Waals surface area contributed by atoms with E-state index >= 15 is 0 Å². The van der Waals surface area contributed by atoms with Crippen molar-refractivity contribution >= 4 is 44.0 Å². The van der Waals surface area contributed by atoms with Crippen LogP contribution in [0.2, 0.25) is 0 Å². The maximum absolute atomic E-state index is 4.57. The second-order valence-corrected chi connectivity index (χ2v) is 7.51. The summed E-state index contributed by atoms with van der Waals surface area (Å²) >= 11 is 1.70. The Bertz CT molecular complexity index is 1260. The molecule has 5 rings (SSSR count). The molecule has 5 heteroatoms. The Balaban J connectivity index is 1.72. The molecule has 0 radical (unpaired) electrons. The van der Waals surface area contributed by atoms with Gasteiger partial charge in [0, 0.05) is 22.0 Å². The minimum absolute atomic E-state index is 0.807. The average molecular weight is 368 g/mol. The van der Waals surface area contributed by atoms with Crippen LogP contribution in [0.15, 0.2) is 73.2 Å². The van der Waals surface area contributed by atoms with E-state index in [1.165, 1.54) is 16.0 Å². The molecule has 1 N–H and O–H groups in total. The summed E-state index contributed by atoms with van der Waals surface area (Å²) in [5.41, 5.74) is 4.23. The summed E-state index contributed by atoms with van der Waals surface area (Å²) in [5.74, 6) is 0.807. The lowest BCUT2D eigenvalue weighted by Gasteiger charge is -2.11. The molecule has 0 aliphatic heterocycles. The van der Waals surface area contributed by atoms with Crippen LogP contribution in [0.1, 0.15) is 4.88 Å². The normalized spacial score (nSPS) is 11.1. The van der Waals surface area contributed by atoms with E-state index in [4.69, 9.17) is 0 Å². The van der Waals surface area contributed by atoms with Gasteiger partial charge in [0.1, 0.15) is 17.0 Å². The van der Waals surface area contributed by atoms with Gasteiger partial charge in [0.2, 0.25) is 0 Å². The number of nitrogens with one attached hydrogen (secondary N) is 1. The Labute approximate surface area is 160 Å². The number of para-hydroxylation sites is 1. The minimum atomic E-state index is 0.807. The molecule has 3 aromatic heterocycles. The number of pyridine rings is 1. The quantitative estimate of drug-likeness (QED) is 0.427. The molecule has 0 amide bonds. The van der Waals surface area contributed by atoms with Crippen LogP contribution in [0, 0.1) is 6.92 Å². The third kappa shape index (κ3) is 2.73. The van der Waals surface area contributed by atoms with Crippen molar-refractivity contribution in [1.82, 2.24) is 15.0 Å². The Morgan fingerprint density at radius 1 is 0.852 bits per heavy atom. The Morgan fingerprint density at radius 3 is 2.59 bits per heavy atom. The number of rotatable bonds is 3. The standard InChI is InChI=1S/C22H16N4S/c1-14-18(15-7-3-2-4-8-15)19-21(24-13-25-22(19)27-14)26-17-11-5-9-16-10-6-12-23-20(16)17/h2-13H,1H3,(H,24,25,26). The van der Waals surface area contributed by atoms with Crippen LogP contribution in [0.25, 0.3) is 32.2 Å². The van der Waals surface area contributed by atoms with E-state index < -0.39 is 0 Å². The van der Waals surface area contributed by atoms with Crippen LogP contribution >= 0.6 is 11.3 Å². The van der Waals surface area contributed by atoms with Crippen LogP contribution in [0.3, 0.4) is 0 Å². The van der Waals surface area contributed by atoms with Gasteiger partial charge in [-0.3, -0.25) is 4.98 Å². The second-order valence-electron chi connectivity index (χ2n) is 6.31. The zero-order chi connectivity index (χ0) is 18.2. The highest BCUT2D eigenvalue weighted by atomic mass is 32.1. The first-order chi connectivity index (χ1) is 13.3. The van der Waals surface area contributed by atoms with Gasteiger partial charge in [-0.05, 0) is 24.6 Å². The molecule has 2 aromatic carbocycles. The summed E-state index contributed by atoms with van der Waals surface area (Å²) in [6.07, 6.45) is 3.43. The van der Waals surface area contributed by atoms with Gasteiger partial charge in [0.25, 0.3) is 0 Å². The number of benzene rings is 2. The largest absolute Gasteiger partial charge is 0.338 e. The van der Waals surface area contributed by atoms with Crippen LogP contribution in [-0.4, -0.2) is 15.0 Å². The second kappa shape index (κ2) is 6.45. The molecule has 0 saturated heterocycles. The van der Waals surface area contributed by atoms with E-state index in [1.54, 1.807) is 17.7 Å². The van der Waals surface area contributed by atoms with Crippen molar-refractivity contribution in [2.75, 3.05) is 5.32 Å². The number of hydrogen-bond donors (Lipinski definition) is 1. The molecule has 130 valence electrons. The number of hydrogen-bond acceptors (Lipinski definition) is 5. The van der Waals surface area contributed by atoms with Crippen molar-refractivity contribution in [2.24, 2.45) is 0 Å². The lowest BCUT2D eigenvalue weighted by atomic mass is 10.0. The minimum Gasteiger partial charge on any atom is -0.338 e. The van der Waals surface area contributed by atoms with E-state index in [0.29, 0.717) is 0 Å². The first kappa shape index (κ1) is 15.9. The molecule has 0 atom stereocenters. The van der Waals surface area contributed by atoms with Gasteiger partial charge in [-0.1, -0.05) is 48.5 Å². The maximum Gasteiger partial charge on any atom is 0.143 e. The molecule has 4 nitrogen and oxygen atoms in total. The molecule has 0 unspecified atom stereocenters. The Morgan fingerprint density at radius 2 is 1.70 bits per heavy atom. The van der Waals surface area contributed by atoms with E-state index in [-0.39, 0.29) is 0 Å². The number of anilines is 2.